The quantitative estimate of drug-likeness (QED) is 0.314. The largest absolute Gasteiger partial charge is 0.522 e. The van der Waals surface area contributed by atoms with Crippen LogP contribution in [0.3, 0.4) is 0 Å². The molecule has 13 heteroatoms. The minimum absolute atomic E-state index is 0.104. The zero-order chi connectivity index (χ0) is 29.9. The highest BCUT2D eigenvalue weighted by atomic mass is 19.1. The summed E-state index contributed by atoms with van der Waals surface area (Å²) in [6, 6.07) is 10.2. The van der Waals surface area contributed by atoms with E-state index < -0.39 is 34.3 Å². The number of piperazine rings is 1. The number of benzene rings is 1. The van der Waals surface area contributed by atoms with Gasteiger partial charge in [-0.25, -0.2) is 14.2 Å². The summed E-state index contributed by atoms with van der Waals surface area (Å²) in [5, 5.41) is 0. The maximum atomic E-state index is 15.3. The van der Waals surface area contributed by atoms with Gasteiger partial charge >= 0.3 is 12.1 Å². The fourth-order valence-electron chi connectivity index (χ4n) is 5.20. The van der Waals surface area contributed by atoms with Crippen LogP contribution in [-0.4, -0.2) is 90.7 Å². The van der Waals surface area contributed by atoms with Crippen LogP contribution >= 0.6 is 0 Å². The van der Waals surface area contributed by atoms with Crippen LogP contribution < -0.4 is 15.1 Å². The van der Waals surface area contributed by atoms with Gasteiger partial charge in [0.15, 0.2) is 12.6 Å². The maximum Gasteiger partial charge on any atom is 0.522 e. The number of amides is 3. The number of aromatic nitrogens is 2. The second kappa shape index (κ2) is 11.9. The van der Waals surface area contributed by atoms with E-state index in [1.807, 2.05) is 4.90 Å². The summed E-state index contributed by atoms with van der Waals surface area (Å²) in [5.74, 6) is -1.48. The number of anilines is 1. The van der Waals surface area contributed by atoms with E-state index in [4.69, 9.17) is 15.2 Å². The summed E-state index contributed by atoms with van der Waals surface area (Å²) in [6.45, 7) is 3.34. The fraction of sp³-hybridized carbons (Fsp3) is 0.310. The van der Waals surface area contributed by atoms with Gasteiger partial charge in [-0.2, -0.15) is 9.28 Å². The highest BCUT2D eigenvalue weighted by Gasteiger charge is 2.53. The number of pyridine rings is 2. The van der Waals surface area contributed by atoms with Gasteiger partial charge in [-0.05, 0) is 37.3 Å². The third-order valence-electron chi connectivity index (χ3n) is 7.72. The molecule has 2 aliphatic heterocycles. The summed E-state index contributed by atoms with van der Waals surface area (Å²) < 4.78 is 25.1. The molecule has 0 spiro atoms. The van der Waals surface area contributed by atoms with Crippen LogP contribution in [0.1, 0.15) is 17.3 Å². The molecular weight excluding hydrogens is 547 g/mol. The third kappa shape index (κ3) is 5.50. The van der Waals surface area contributed by atoms with Crippen LogP contribution in [0.5, 0.6) is 0 Å². The van der Waals surface area contributed by atoms with Crippen LogP contribution in [0.25, 0.3) is 11.1 Å². The normalized spacial score (nSPS) is 19.2. The molecule has 1 aromatic carbocycles. The lowest BCUT2D eigenvalue weighted by Gasteiger charge is -2.35. The van der Waals surface area contributed by atoms with E-state index in [0.717, 1.165) is 0 Å². The lowest BCUT2D eigenvalue weighted by molar-refractivity contribution is -0.134. The topological polar surface area (TPSA) is 145 Å². The van der Waals surface area contributed by atoms with Crippen LogP contribution in [0.2, 0.25) is 0 Å². The van der Waals surface area contributed by atoms with Crippen LogP contribution in [0, 0.1) is 5.82 Å². The van der Waals surface area contributed by atoms with Crippen molar-refractivity contribution in [2.75, 3.05) is 50.8 Å². The number of halogens is 1. The second-order valence-corrected chi connectivity index (χ2v) is 10.0. The number of rotatable bonds is 8. The smallest absolute Gasteiger partial charge is 0.452 e. The number of hydrogen-bond donors (Lipinski definition) is 1. The molecule has 0 radical (unpaired) electrons. The van der Waals surface area contributed by atoms with E-state index in [9.17, 15) is 19.2 Å². The minimum Gasteiger partial charge on any atom is -0.452 e. The summed E-state index contributed by atoms with van der Waals surface area (Å²) >= 11 is 0. The Morgan fingerprint density at radius 2 is 1.90 bits per heavy atom. The molecule has 3 aromatic rings. The van der Waals surface area contributed by atoms with Crippen LogP contribution in [0.15, 0.2) is 61.1 Å². The van der Waals surface area contributed by atoms with Gasteiger partial charge in [0.1, 0.15) is 30.5 Å². The number of hydrogen-bond acceptors (Lipinski definition) is 9. The standard InChI is InChI=1S/C29H29FN6O6/c1-19(27(31)38)36(13-14-41-29(36)40)22-5-6-23(24(30)15-22)20-4-7-25(33-17-20)34-9-11-35(12-10-34)26(37)18-42-28(39)21-3-2-8-32-16-21/h2-8,15-17,19H,9-14,18H2,1H3,(H-,31,38)/p+1. The van der Waals surface area contributed by atoms with E-state index in [1.54, 1.807) is 53.7 Å². The Balaban J connectivity index is 1.20. The van der Waals surface area contributed by atoms with E-state index in [-0.39, 0.29) is 42.5 Å². The Bertz CT molecular complexity index is 1500. The molecule has 2 saturated heterocycles. The average molecular weight is 578 g/mol. The lowest BCUT2D eigenvalue weighted by Crippen LogP contribution is -2.61. The van der Waals surface area contributed by atoms with Crippen LogP contribution in [0.4, 0.5) is 20.7 Å². The molecule has 0 bridgehead atoms. The zero-order valence-corrected chi connectivity index (χ0v) is 22.9. The van der Waals surface area contributed by atoms with Crippen molar-refractivity contribution < 1.29 is 33.0 Å². The predicted molar refractivity (Wildman–Crippen MR) is 150 cm³/mol. The van der Waals surface area contributed by atoms with Gasteiger partial charge in [-0.1, -0.05) is 0 Å². The first-order valence-corrected chi connectivity index (χ1v) is 13.4. The highest BCUT2D eigenvalue weighted by molar-refractivity contribution is 5.94. The van der Waals surface area contributed by atoms with Gasteiger partial charge in [0.05, 0.1) is 5.56 Å². The van der Waals surface area contributed by atoms with E-state index in [1.165, 1.54) is 19.2 Å². The SMILES string of the molecule is CC(C(N)=O)[N+]1(c2ccc(-c3ccc(N4CCN(C(=O)COC(=O)c5cccnc5)CC4)nc3)c(F)c2)CCOC1=O. The molecule has 5 rings (SSSR count). The average Bonchev–Trinajstić information content (AvgIpc) is 3.41. The van der Waals surface area contributed by atoms with Crippen molar-refractivity contribution >= 4 is 35.4 Å². The third-order valence-corrected chi connectivity index (χ3v) is 7.72. The van der Waals surface area contributed by atoms with E-state index >= 15 is 4.39 Å². The maximum absolute atomic E-state index is 15.3. The van der Waals surface area contributed by atoms with E-state index in [2.05, 4.69) is 9.97 Å². The Morgan fingerprint density at radius 1 is 1.12 bits per heavy atom. The Morgan fingerprint density at radius 3 is 2.50 bits per heavy atom. The van der Waals surface area contributed by atoms with Crippen molar-refractivity contribution in [1.29, 1.82) is 0 Å². The summed E-state index contributed by atoms with van der Waals surface area (Å²) in [5.41, 5.74) is 6.87. The molecular formula is C29H30FN6O6+. The van der Waals surface area contributed by atoms with Gasteiger partial charge in [0.2, 0.25) is 0 Å². The molecule has 42 heavy (non-hydrogen) atoms. The first-order chi connectivity index (χ1) is 20.2. The molecule has 2 aromatic heterocycles. The van der Waals surface area contributed by atoms with Gasteiger partial charge in [0.25, 0.3) is 11.8 Å². The Kier molecular flexibility index (Phi) is 8.11. The van der Waals surface area contributed by atoms with Crippen LogP contribution in [-0.2, 0) is 19.1 Å². The summed E-state index contributed by atoms with van der Waals surface area (Å²) in [4.78, 5) is 61.2. The molecule has 12 nitrogen and oxygen atoms in total. The number of carbonyl (C=O) groups is 4. The Labute approximate surface area is 241 Å². The summed E-state index contributed by atoms with van der Waals surface area (Å²) in [7, 11) is 0. The monoisotopic (exact) mass is 577 g/mol. The van der Waals surface area contributed by atoms with Crippen molar-refractivity contribution in [2.45, 2.75) is 13.0 Å². The number of ether oxygens (including phenoxy) is 2. The van der Waals surface area contributed by atoms with Gasteiger partial charge in [-0.15, -0.1) is 0 Å². The molecule has 2 N–H and O–H groups in total. The van der Waals surface area contributed by atoms with E-state index in [0.29, 0.717) is 37.6 Å². The van der Waals surface area contributed by atoms with Gasteiger partial charge in [-0.3, -0.25) is 14.6 Å². The van der Waals surface area contributed by atoms with Gasteiger partial charge in [0, 0.05) is 68.0 Å². The molecule has 218 valence electrons. The zero-order valence-electron chi connectivity index (χ0n) is 22.9. The molecule has 2 aliphatic rings. The number of nitrogens with zero attached hydrogens (tertiary/aromatic N) is 5. The molecule has 3 amide bonds. The summed E-state index contributed by atoms with van der Waals surface area (Å²) in [6.07, 6.45) is 3.83. The number of cyclic esters (lactones) is 1. The van der Waals surface area contributed by atoms with Crippen molar-refractivity contribution in [1.82, 2.24) is 19.4 Å². The number of nitrogens with two attached hydrogens (primary N) is 1. The molecule has 4 heterocycles. The molecule has 2 fully saturated rings. The van der Waals surface area contributed by atoms with Crippen molar-refractivity contribution in [3.63, 3.8) is 0 Å². The molecule has 0 saturated carbocycles. The van der Waals surface area contributed by atoms with Gasteiger partial charge < -0.3 is 25.0 Å². The minimum atomic E-state index is -0.927. The molecule has 2 unspecified atom stereocenters. The Hall–Kier alpha value is -4.91. The first-order valence-electron chi connectivity index (χ1n) is 13.4. The number of esters is 1. The highest BCUT2D eigenvalue weighted by Crippen LogP contribution is 2.35. The molecule has 0 aliphatic carbocycles. The number of quaternary nitrogens is 1. The number of primary amides is 1. The van der Waals surface area contributed by atoms with Crippen molar-refractivity contribution in [3.05, 3.63) is 72.4 Å². The second-order valence-electron chi connectivity index (χ2n) is 10.0. The predicted octanol–water partition coefficient (Wildman–Crippen LogP) is 2.12. The van der Waals surface area contributed by atoms with Crippen molar-refractivity contribution in [2.24, 2.45) is 5.73 Å². The lowest BCUT2D eigenvalue weighted by atomic mass is 10.0. The fourth-order valence-corrected chi connectivity index (χ4v) is 5.20. The number of carbonyl (C=O) groups excluding carboxylic acids is 4. The first kappa shape index (κ1) is 28.6. The van der Waals surface area contributed by atoms with Crippen molar-refractivity contribution in [3.8, 4) is 11.1 Å². The molecule has 2 atom stereocenters.